The molecule has 0 aromatic heterocycles. The average Bonchev–Trinajstić information content (AvgIpc) is 2.04. The molecule has 0 unspecified atom stereocenters. The van der Waals surface area contributed by atoms with Crippen molar-refractivity contribution in [2.75, 3.05) is 13.7 Å². The molecule has 1 aliphatic heterocycles. The number of esters is 1. The molecule has 1 aliphatic rings. The molecule has 2 atom stereocenters. The summed E-state index contributed by atoms with van der Waals surface area (Å²) in [5.41, 5.74) is 5.63. The van der Waals surface area contributed by atoms with Crippen molar-refractivity contribution in [2.45, 2.75) is 25.0 Å². The summed E-state index contributed by atoms with van der Waals surface area (Å²) in [7, 11) is 1.34. The molecule has 0 bridgehead atoms. The summed E-state index contributed by atoms with van der Waals surface area (Å²) in [6, 6.07) is -0.198. The smallest absolute Gasteiger partial charge is 0.336 e. The van der Waals surface area contributed by atoms with E-state index in [4.69, 9.17) is 10.5 Å². The van der Waals surface area contributed by atoms with Crippen LogP contribution in [0.15, 0.2) is 0 Å². The number of nitrogens with two attached hydrogens (primary N) is 1. The zero-order valence-electron chi connectivity index (χ0n) is 6.99. The van der Waals surface area contributed by atoms with Crippen molar-refractivity contribution < 1.29 is 14.3 Å². The molecular formula is C7H14ClNO3. The third kappa shape index (κ3) is 2.62. The van der Waals surface area contributed by atoms with E-state index >= 15 is 0 Å². The summed E-state index contributed by atoms with van der Waals surface area (Å²) >= 11 is 0. The van der Waals surface area contributed by atoms with Crippen molar-refractivity contribution in [3.05, 3.63) is 0 Å². The van der Waals surface area contributed by atoms with Crippen LogP contribution in [-0.2, 0) is 14.3 Å². The van der Waals surface area contributed by atoms with Gasteiger partial charge >= 0.3 is 5.97 Å². The predicted molar refractivity (Wildman–Crippen MR) is 46.2 cm³/mol. The second kappa shape index (κ2) is 5.35. The highest BCUT2D eigenvalue weighted by Gasteiger charge is 2.29. The summed E-state index contributed by atoms with van der Waals surface area (Å²) in [6.07, 6.45) is 1.21. The van der Waals surface area contributed by atoms with Gasteiger partial charge in [-0.1, -0.05) is 0 Å². The molecule has 0 aliphatic carbocycles. The number of methoxy groups -OCH3 is 1. The average molecular weight is 196 g/mol. The Morgan fingerprint density at radius 3 is 2.83 bits per heavy atom. The lowest BCUT2D eigenvalue weighted by Crippen LogP contribution is -2.46. The van der Waals surface area contributed by atoms with E-state index in [1.165, 1.54) is 7.11 Å². The van der Waals surface area contributed by atoms with Gasteiger partial charge in [-0.25, -0.2) is 4.79 Å². The fraction of sp³-hybridized carbons (Fsp3) is 0.857. The largest absolute Gasteiger partial charge is 0.467 e. The van der Waals surface area contributed by atoms with Crippen LogP contribution in [0.3, 0.4) is 0 Å². The summed E-state index contributed by atoms with van der Waals surface area (Å²) in [5.74, 6) is -0.364. The van der Waals surface area contributed by atoms with Gasteiger partial charge in [0.15, 0.2) is 6.10 Å². The van der Waals surface area contributed by atoms with Gasteiger partial charge in [0.2, 0.25) is 0 Å². The first kappa shape index (κ1) is 11.7. The highest BCUT2D eigenvalue weighted by Crippen LogP contribution is 2.12. The number of hydrogen-bond acceptors (Lipinski definition) is 4. The van der Waals surface area contributed by atoms with Gasteiger partial charge < -0.3 is 15.2 Å². The van der Waals surface area contributed by atoms with Crippen LogP contribution in [0.25, 0.3) is 0 Å². The van der Waals surface area contributed by atoms with Crippen LogP contribution in [0.1, 0.15) is 12.8 Å². The van der Waals surface area contributed by atoms with E-state index < -0.39 is 6.10 Å². The highest BCUT2D eigenvalue weighted by atomic mass is 35.5. The first-order chi connectivity index (χ1) is 5.25. The molecule has 2 N–H and O–H groups in total. The Morgan fingerprint density at radius 1 is 1.67 bits per heavy atom. The standard InChI is InChI=1S/C7H13NO3.ClH/c1-10-7(9)6-5(8)3-2-4-11-6;/h5-6H,2-4,8H2,1H3;1H/t5-,6-;/m0./s1. The second-order valence-corrected chi connectivity index (χ2v) is 2.62. The lowest BCUT2D eigenvalue weighted by Gasteiger charge is -2.26. The van der Waals surface area contributed by atoms with E-state index in [9.17, 15) is 4.79 Å². The van der Waals surface area contributed by atoms with Crippen LogP contribution >= 0.6 is 12.4 Å². The lowest BCUT2D eigenvalue weighted by atomic mass is 10.0. The molecule has 0 saturated carbocycles. The Kier molecular flexibility index (Phi) is 5.20. The van der Waals surface area contributed by atoms with E-state index in [1.54, 1.807) is 0 Å². The van der Waals surface area contributed by atoms with Crippen LogP contribution in [-0.4, -0.2) is 31.8 Å². The molecule has 0 aromatic carbocycles. The normalized spacial score (nSPS) is 28.8. The minimum absolute atomic E-state index is 0. The molecule has 72 valence electrons. The fourth-order valence-electron chi connectivity index (χ4n) is 1.16. The van der Waals surface area contributed by atoms with Crippen molar-refractivity contribution in [3.8, 4) is 0 Å². The molecular weight excluding hydrogens is 182 g/mol. The summed E-state index contributed by atoms with van der Waals surface area (Å²) in [6.45, 7) is 0.605. The van der Waals surface area contributed by atoms with Crippen LogP contribution in [0.2, 0.25) is 0 Å². The first-order valence-electron chi connectivity index (χ1n) is 3.70. The molecule has 0 amide bonds. The van der Waals surface area contributed by atoms with Gasteiger partial charge in [0.25, 0.3) is 0 Å². The second-order valence-electron chi connectivity index (χ2n) is 2.62. The van der Waals surface area contributed by atoms with Gasteiger partial charge in [0.1, 0.15) is 0 Å². The van der Waals surface area contributed by atoms with Gasteiger partial charge in [-0.2, -0.15) is 0 Å². The monoisotopic (exact) mass is 195 g/mol. The van der Waals surface area contributed by atoms with Crippen molar-refractivity contribution in [1.29, 1.82) is 0 Å². The van der Waals surface area contributed by atoms with E-state index in [1.807, 2.05) is 0 Å². The summed E-state index contributed by atoms with van der Waals surface area (Å²) in [5, 5.41) is 0. The molecule has 5 heteroatoms. The maximum atomic E-state index is 11.0. The zero-order chi connectivity index (χ0) is 8.27. The Morgan fingerprint density at radius 2 is 2.33 bits per heavy atom. The number of carbonyl (C=O) groups is 1. The Hall–Kier alpha value is -0.320. The van der Waals surface area contributed by atoms with Crippen LogP contribution in [0.4, 0.5) is 0 Å². The van der Waals surface area contributed by atoms with Gasteiger partial charge in [-0.05, 0) is 12.8 Å². The molecule has 0 aromatic rings. The number of halogens is 1. The molecule has 1 saturated heterocycles. The minimum Gasteiger partial charge on any atom is -0.467 e. The van der Waals surface area contributed by atoms with Gasteiger partial charge in [0.05, 0.1) is 7.11 Å². The van der Waals surface area contributed by atoms with Gasteiger partial charge in [-0.3, -0.25) is 0 Å². The highest BCUT2D eigenvalue weighted by molar-refractivity contribution is 5.85. The fourth-order valence-corrected chi connectivity index (χ4v) is 1.16. The third-order valence-electron chi connectivity index (χ3n) is 1.80. The molecule has 0 radical (unpaired) electrons. The van der Waals surface area contributed by atoms with Crippen molar-refractivity contribution in [2.24, 2.45) is 5.73 Å². The van der Waals surface area contributed by atoms with E-state index in [2.05, 4.69) is 4.74 Å². The maximum Gasteiger partial charge on any atom is 0.336 e. The topological polar surface area (TPSA) is 61.5 Å². The quantitative estimate of drug-likeness (QED) is 0.603. The van der Waals surface area contributed by atoms with E-state index in [0.29, 0.717) is 6.61 Å². The Labute approximate surface area is 77.8 Å². The summed E-state index contributed by atoms with van der Waals surface area (Å²) in [4.78, 5) is 11.0. The number of ether oxygens (including phenoxy) is 2. The van der Waals surface area contributed by atoms with E-state index in [0.717, 1.165) is 12.8 Å². The van der Waals surface area contributed by atoms with Gasteiger partial charge in [0, 0.05) is 12.6 Å². The van der Waals surface area contributed by atoms with Crippen molar-refractivity contribution >= 4 is 18.4 Å². The lowest BCUT2D eigenvalue weighted by molar-refractivity contribution is -0.158. The van der Waals surface area contributed by atoms with Crippen molar-refractivity contribution in [3.63, 3.8) is 0 Å². The molecule has 1 rings (SSSR count). The van der Waals surface area contributed by atoms with Crippen molar-refractivity contribution in [1.82, 2.24) is 0 Å². The number of rotatable bonds is 1. The number of carbonyl (C=O) groups excluding carboxylic acids is 1. The minimum atomic E-state index is -0.547. The molecule has 4 nitrogen and oxygen atoms in total. The maximum absolute atomic E-state index is 11.0. The van der Waals surface area contributed by atoms with Crippen LogP contribution in [0.5, 0.6) is 0 Å². The van der Waals surface area contributed by atoms with Gasteiger partial charge in [-0.15, -0.1) is 12.4 Å². The first-order valence-corrected chi connectivity index (χ1v) is 3.70. The Bertz CT molecular complexity index is 154. The Balaban J connectivity index is 0.00000121. The molecule has 12 heavy (non-hydrogen) atoms. The van der Waals surface area contributed by atoms with Crippen LogP contribution < -0.4 is 5.73 Å². The van der Waals surface area contributed by atoms with Crippen LogP contribution in [0, 0.1) is 0 Å². The summed E-state index contributed by atoms with van der Waals surface area (Å²) < 4.78 is 9.66. The zero-order valence-corrected chi connectivity index (χ0v) is 7.80. The number of hydrogen-bond donors (Lipinski definition) is 1. The molecule has 0 spiro atoms. The SMILES string of the molecule is COC(=O)[C@H]1OCCC[C@@H]1N.Cl. The third-order valence-corrected chi connectivity index (χ3v) is 1.80. The molecule has 1 heterocycles. The van der Waals surface area contributed by atoms with E-state index in [-0.39, 0.29) is 24.4 Å². The molecule has 1 fully saturated rings. The predicted octanol–water partition coefficient (Wildman–Crippen LogP) is 0.0875.